The lowest BCUT2D eigenvalue weighted by Gasteiger charge is -2.35. The Bertz CT molecular complexity index is 715. The topological polar surface area (TPSA) is 35.6 Å². The molecule has 1 fully saturated rings. The van der Waals surface area contributed by atoms with Gasteiger partial charge < -0.3 is 10.2 Å². The minimum atomic E-state index is -0.287. The molecule has 0 saturated carbocycles. The first-order valence-electron chi connectivity index (χ1n) is 8.34. The predicted molar refractivity (Wildman–Crippen MR) is 98.4 cm³/mol. The average Bonchev–Trinajstić information content (AvgIpc) is 2.62. The fraction of sp³-hybridized carbons (Fsp3) is 0.316. The number of carbonyl (C=O) groups is 1. The molecule has 4 nitrogen and oxygen atoms in total. The smallest absolute Gasteiger partial charge is 0.234 e. The third-order valence-electron chi connectivity index (χ3n) is 4.31. The van der Waals surface area contributed by atoms with Gasteiger partial charge >= 0.3 is 0 Å². The molecule has 2 aromatic rings. The van der Waals surface area contributed by atoms with Gasteiger partial charge in [-0.1, -0.05) is 23.7 Å². The highest BCUT2D eigenvalue weighted by Gasteiger charge is 2.19. The molecule has 132 valence electrons. The molecule has 0 aliphatic carbocycles. The molecule has 0 bridgehead atoms. The van der Waals surface area contributed by atoms with E-state index in [1.807, 2.05) is 24.3 Å². The molecule has 0 radical (unpaired) electrons. The van der Waals surface area contributed by atoms with E-state index in [1.54, 1.807) is 12.1 Å². The fourth-order valence-corrected chi connectivity index (χ4v) is 3.05. The monoisotopic (exact) mass is 361 g/mol. The second-order valence-corrected chi connectivity index (χ2v) is 6.58. The zero-order valence-corrected chi connectivity index (χ0v) is 14.7. The molecule has 25 heavy (non-hydrogen) atoms. The van der Waals surface area contributed by atoms with E-state index in [4.69, 9.17) is 11.6 Å². The van der Waals surface area contributed by atoms with Crippen molar-refractivity contribution in [2.45, 2.75) is 6.54 Å². The summed E-state index contributed by atoms with van der Waals surface area (Å²) >= 11 is 5.92. The van der Waals surface area contributed by atoms with Crippen LogP contribution in [-0.2, 0) is 11.3 Å². The minimum Gasteiger partial charge on any atom is -0.369 e. The van der Waals surface area contributed by atoms with Gasteiger partial charge in [-0.05, 0) is 42.0 Å². The number of nitrogens with zero attached hydrogens (tertiary/aromatic N) is 2. The SMILES string of the molecule is O=C(CN1CCN(c2ccc(Cl)cc2)CC1)NCc1cccc(F)c1. The van der Waals surface area contributed by atoms with E-state index in [0.29, 0.717) is 13.1 Å². The summed E-state index contributed by atoms with van der Waals surface area (Å²) in [5.74, 6) is -0.325. The fourth-order valence-electron chi connectivity index (χ4n) is 2.92. The summed E-state index contributed by atoms with van der Waals surface area (Å²) in [6.45, 7) is 4.12. The van der Waals surface area contributed by atoms with E-state index in [-0.39, 0.29) is 11.7 Å². The van der Waals surface area contributed by atoms with Crippen LogP contribution >= 0.6 is 11.6 Å². The van der Waals surface area contributed by atoms with Crippen LogP contribution in [0.1, 0.15) is 5.56 Å². The molecule has 0 aromatic heterocycles. The van der Waals surface area contributed by atoms with Crippen molar-refractivity contribution in [3.8, 4) is 0 Å². The van der Waals surface area contributed by atoms with Crippen LogP contribution in [-0.4, -0.2) is 43.5 Å². The number of rotatable bonds is 5. The lowest BCUT2D eigenvalue weighted by molar-refractivity contribution is -0.122. The highest BCUT2D eigenvalue weighted by molar-refractivity contribution is 6.30. The van der Waals surface area contributed by atoms with Gasteiger partial charge in [-0.3, -0.25) is 9.69 Å². The first-order chi connectivity index (χ1) is 12.1. The van der Waals surface area contributed by atoms with Crippen LogP contribution in [0.3, 0.4) is 0 Å². The molecule has 1 aliphatic rings. The molecule has 1 aliphatic heterocycles. The van der Waals surface area contributed by atoms with Crippen molar-refractivity contribution in [2.75, 3.05) is 37.6 Å². The molecular formula is C19H21ClFN3O. The third kappa shape index (κ3) is 5.18. The van der Waals surface area contributed by atoms with Crippen LogP contribution in [0.2, 0.25) is 5.02 Å². The van der Waals surface area contributed by atoms with Gasteiger partial charge in [-0.2, -0.15) is 0 Å². The van der Waals surface area contributed by atoms with Crippen molar-refractivity contribution in [3.05, 3.63) is 64.9 Å². The lowest BCUT2D eigenvalue weighted by atomic mass is 10.2. The Labute approximate surface area is 152 Å². The summed E-state index contributed by atoms with van der Waals surface area (Å²) < 4.78 is 13.1. The van der Waals surface area contributed by atoms with Crippen LogP contribution in [0.25, 0.3) is 0 Å². The zero-order valence-electron chi connectivity index (χ0n) is 13.9. The summed E-state index contributed by atoms with van der Waals surface area (Å²) in [6.07, 6.45) is 0. The summed E-state index contributed by atoms with van der Waals surface area (Å²) in [4.78, 5) is 16.5. The lowest BCUT2D eigenvalue weighted by Crippen LogP contribution is -2.49. The van der Waals surface area contributed by atoms with Gasteiger partial charge in [0.2, 0.25) is 5.91 Å². The van der Waals surface area contributed by atoms with Gasteiger partial charge in [0.25, 0.3) is 0 Å². The van der Waals surface area contributed by atoms with Crippen molar-refractivity contribution in [3.63, 3.8) is 0 Å². The van der Waals surface area contributed by atoms with Gasteiger partial charge in [-0.15, -0.1) is 0 Å². The van der Waals surface area contributed by atoms with E-state index in [9.17, 15) is 9.18 Å². The molecular weight excluding hydrogens is 341 g/mol. The second-order valence-electron chi connectivity index (χ2n) is 6.15. The molecule has 0 spiro atoms. The van der Waals surface area contributed by atoms with Crippen molar-refractivity contribution in [1.29, 1.82) is 0 Å². The van der Waals surface area contributed by atoms with Crippen LogP contribution in [0.5, 0.6) is 0 Å². The molecule has 2 aromatic carbocycles. The normalized spacial score (nSPS) is 15.2. The zero-order chi connectivity index (χ0) is 17.6. The molecule has 0 unspecified atom stereocenters. The van der Waals surface area contributed by atoms with Crippen LogP contribution < -0.4 is 10.2 Å². The second kappa shape index (κ2) is 8.32. The van der Waals surface area contributed by atoms with Gasteiger partial charge in [0, 0.05) is 43.4 Å². The van der Waals surface area contributed by atoms with E-state index in [1.165, 1.54) is 12.1 Å². The van der Waals surface area contributed by atoms with Crippen LogP contribution in [0.4, 0.5) is 10.1 Å². The molecule has 1 amide bonds. The number of benzene rings is 2. The molecule has 1 N–H and O–H groups in total. The Morgan fingerprint density at radius 2 is 1.80 bits per heavy atom. The number of amides is 1. The van der Waals surface area contributed by atoms with E-state index < -0.39 is 0 Å². The third-order valence-corrected chi connectivity index (χ3v) is 4.56. The standard InChI is InChI=1S/C19H21ClFN3O/c20-16-4-6-18(7-5-16)24-10-8-23(9-11-24)14-19(25)22-13-15-2-1-3-17(21)12-15/h1-7,12H,8-11,13-14H2,(H,22,25). The summed E-state index contributed by atoms with van der Waals surface area (Å²) in [5, 5.41) is 3.58. The van der Waals surface area contributed by atoms with Crippen molar-refractivity contribution < 1.29 is 9.18 Å². The number of carbonyl (C=O) groups excluding carboxylic acids is 1. The van der Waals surface area contributed by atoms with Gasteiger partial charge in [0.1, 0.15) is 5.82 Å². The first kappa shape index (κ1) is 17.7. The van der Waals surface area contributed by atoms with Crippen LogP contribution in [0, 0.1) is 5.82 Å². The minimum absolute atomic E-state index is 0.0378. The first-order valence-corrected chi connectivity index (χ1v) is 8.72. The highest BCUT2D eigenvalue weighted by atomic mass is 35.5. The Kier molecular flexibility index (Phi) is 5.89. The van der Waals surface area contributed by atoms with E-state index in [2.05, 4.69) is 15.1 Å². The van der Waals surface area contributed by atoms with E-state index >= 15 is 0 Å². The van der Waals surface area contributed by atoms with Gasteiger partial charge in [0.15, 0.2) is 0 Å². The van der Waals surface area contributed by atoms with E-state index in [0.717, 1.165) is 42.5 Å². The number of hydrogen-bond acceptors (Lipinski definition) is 3. The molecule has 3 rings (SSSR count). The maximum Gasteiger partial charge on any atom is 0.234 e. The van der Waals surface area contributed by atoms with Gasteiger partial charge in [-0.25, -0.2) is 4.39 Å². The largest absolute Gasteiger partial charge is 0.369 e. The summed E-state index contributed by atoms with van der Waals surface area (Å²) in [5.41, 5.74) is 1.92. The van der Waals surface area contributed by atoms with Crippen LogP contribution in [0.15, 0.2) is 48.5 Å². The molecule has 1 saturated heterocycles. The Balaban J connectivity index is 1.42. The number of nitrogens with one attached hydrogen (secondary N) is 1. The average molecular weight is 362 g/mol. The summed E-state index contributed by atoms with van der Waals surface area (Å²) in [6, 6.07) is 14.1. The maximum atomic E-state index is 13.1. The quantitative estimate of drug-likeness (QED) is 0.889. The van der Waals surface area contributed by atoms with Crippen molar-refractivity contribution in [1.82, 2.24) is 10.2 Å². The molecule has 0 atom stereocenters. The van der Waals surface area contributed by atoms with Gasteiger partial charge in [0.05, 0.1) is 6.54 Å². The molecule has 6 heteroatoms. The number of piperazine rings is 1. The number of anilines is 1. The molecule has 1 heterocycles. The Hall–Kier alpha value is -2.11. The highest BCUT2D eigenvalue weighted by Crippen LogP contribution is 2.19. The number of halogens is 2. The number of hydrogen-bond donors (Lipinski definition) is 1. The predicted octanol–water partition coefficient (Wildman–Crippen LogP) is 2.92. The van der Waals surface area contributed by atoms with Crippen molar-refractivity contribution in [2.24, 2.45) is 0 Å². The maximum absolute atomic E-state index is 13.1. The Morgan fingerprint density at radius 3 is 2.48 bits per heavy atom. The Morgan fingerprint density at radius 1 is 1.08 bits per heavy atom. The van der Waals surface area contributed by atoms with Crippen molar-refractivity contribution >= 4 is 23.2 Å². The summed E-state index contributed by atoms with van der Waals surface area (Å²) in [7, 11) is 0.